The van der Waals surface area contributed by atoms with Gasteiger partial charge in [-0.05, 0) is 20.8 Å². The third-order valence-electron chi connectivity index (χ3n) is 4.94. The molecule has 3 rings (SSSR count). The van der Waals surface area contributed by atoms with Crippen molar-refractivity contribution < 1.29 is 65.8 Å². The summed E-state index contributed by atoms with van der Waals surface area (Å²) in [5.74, 6) is 3.66. The lowest BCUT2D eigenvalue weighted by molar-refractivity contribution is -0.0831. The fraction of sp³-hybridized carbons (Fsp3) is 0.500. The van der Waals surface area contributed by atoms with Crippen LogP contribution in [0.5, 0.6) is 0 Å². The van der Waals surface area contributed by atoms with Crippen LogP contribution in [-0.2, 0) is 31.6 Å². The van der Waals surface area contributed by atoms with Crippen LogP contribution in [0.2, 0.25) is 0 Å². The van der Waals surface area contributed by atoms with Gasteiger partial charge in [-0.15, -0.1) is 5.92 Å². The van der Waals surface area contributed by atoms with E-state index < -0.39 is 70.4 Å². The second-order valence-electron chi connectivity index (χ2n) is 7.73. The van der Waals surface area contributed by atoms with Gasteiger partial charge in [0.05, 0.1) is 6.10 Å². The van der Waals surface area contributed by atoms with Crippen LogP contribution in [-0.4, -0.2) is 68.2 Å². The zero-order chi connectivity index (χ0) is 28.1. The Bertz CT molecular complexity index is 1480. The number of hydrogen-bond donors (Lipinski definition) is 7. The number of nitrogens with zero attached hydrogens (tertiary/aromatic N) is 2. The van der Waals surface area contributed by atoms with E-state index in [1.54, 1.807) is 0 Å². The Labute approximate surface area is 206 Å². The molecule has 2 aromatic heterocycles. The van der Waals surface area contributed by atoms with E-state index in [1.165, 1.54) is 13.8 Å². The molecule has 7 N–H and O–H groups in total. The van der Waals surface area contributed by atoms with E-state index in [4.69, 9.17) is 14.5 Å². The first kappa shape index (κ1) is 29.8. The molecular weight excluding hydrogens is 570 g/mol. The van der Waals surface area contributed by atoms with Crippen LogP contribution >= 0.6 is 23.5 Å². The Kier molecular flexibility index (Phi) is 8.09. The maximum atomic E-state index is 14.6. The lowest BCUT2D eigenvalue weighted by Crippen LogP contribution is -2.47. The van der Waals surface area contributed by atoms with E-state index >= 15 is 0 Å². The van der Waals surface area contributed by atoms with Gasteiger partial charge in [0, 0.05) is 6.20 Å². The molecule has 21 heteroatoms. The van der Waals surface area contributed by atoms with Crippen molar-refractivity contribution in [3.63, 3.8) is 0 Å². The highest BCUT2D eigenvalue weighted by Gasteiger charge is 2.58. The third-order valence-corrected chi connectivity index (χ3v) is 8.86. The number of phosphoric ester groups is 1. The smallest absolute Gasteiger partial charge is 0.386 e. The maximum Gasteiger partial charge on any atom is 0.490 e. The van der Waals surface area contributed by atoms with E-state index in [0.717, 1.165) is 17.7 Å². The highest BCUT2D eigenvalue weighted by atomic mass is 31.3. The first-order chi connectivity index (χ1) is 16.8. The lowest BCUT2D eigenvalue weighted by atomic mass is 9.93. The number of aliphatic hydroxyl groups excluding tert-OH is 1. The van der Waals surface area contributed by atoms with Crippen molar-refractivity contribution in [1.29, 1.82) is 0 Å². The number of aromatic nitrogens is 3. The summed E-state index contributed by atoms with van der Waals surface area (Å²) in [5.41, 5.74) is -3.68. The summed E-state index contributed by atoms with van der Waals surface area (Å²) in [6.45, 7) is 3.67. The Morgan fingerprint density at radius 1 is 1.24 bits per heavy atom. The molecule has 0 amide bonds. The minimum absolute atomic E-state index is 0.0677. The average Bonchev–Trinajstić information content (AvgIpc) is 3.13. The fourth-order valence-corrected chi connectivity index (χ4v) is 6.87. The SMILES string of the molecule is CC#CC1(O)[C@@H](O)[C@@H]([C@H](C)OP(=O)(O)OP(=O)(O)OP(=O)(O)O)O[C@H]1n1cc(F)c2c(=O)[nH]c(C)nc21. The topological polar surface area (TPSA) is 260 Å². The van der Waals surface area contributed by atoms with Gasteiger partial charge in [-0.25, -0.2) is 23.1 Å². The number of fused-ring (bicyclic) bond motifs is 1. The lowest BCUT2D eigenvalue weighted by Gasteiger charge is -2.27. The van der Waals surface area contributed by atoms with Gasteiger partial charge in [0.25, 0.3) is 5.56 Å². The Morgan fingerprint density at radius 2 is 1.86 bits per heavy atom. The first-order valence-corrected chi connectivity index (χ1v) is 14.4. The van der Waals surface area contributed by atoms with Crippen LogP contribution in [0.15, 0.2) is 11.0 Å². The number of H-pyrrole nitrogens is 1. The van der Waals surface area contributed by atoms with Gasteiger partial charge < -0.3 is 39.5 Å². The average molecular weight is 591 g/mol. The molecule has 0 bridgehead atoms. The van der Waals surface area contributed by atoms with Crippen LogP contribution in [0, 0.1) is 24.6 Å². The molecule has 0 spiro atoms. The molecule has 2 aromatic rings. The molecule has 7 atom stereocenters. The molecule has 3 heterocycles. The molecule has 0 saturated carbocycles. The van der Waals surface area contributed by atoms with E-state index in [9.17, 15) is 42.9 Å². The summed E-state index contributed by atoms with van der Waals surface area (Å²) in [7, 11) is -17.1. The zero-order valence-electron chi connectivity index (χ0n) is 19.0. The van der Waals surface area contributed by atoms with Crippen molar-refractivity contribution in [2.24, 2.45) is 0 Å². The van der Waals surface area contributed by atoms with Crippen LogP contribution in [0.25, 0.3) is 11.0 Å². The predicted octanol–water partition coefficient (Wildman–Crippen LogP) is -0.0834. The summed E-state index contributed by atoms with van der Waals surface area (Å²) in [6, 6.07) is 0. The number of phosphoric acid groups is 3. The van der Waals surface area contributed by atoms with Gasteiger partial charge in [-0.3, -0.25) is 13.9 Å². The molecule has 1 fully saturated rings. The van der Waals surface area contributed by atoms with E-state index in [0.29, 0.717) is 0 Å². The van der Waals surface area contributed by atoms with Gasteiger partial charge in [0.2, 0.25) is 0 Å². The second kappa shape index (κ2) is 10.1. The highest BCUT2D eigenvalue weighted by molar-refractivity contribution is 7.66. The van der Waals surface area contributed by atoms with Crippen molar-refractivity contribution in [3.05, 3.63) is 28.2 Å². The standard InChI is InChI=1S/C16H21FN3O14P3/c1-4-5-16(23)12(21)11(7(2)32-36(27,28)34-37(29,30)33-35(24,25)26)31-15(16)20-6-9(17)10-13(20)18-8(3)19-14(10)22/h6-7,11-12,15,21,23H,1-3H3,(H,27,28)(H,29,30)(H,18,19,22)(H2,24,25,26)/t7-,11+,12-,15+,16?/m0/s1. The Hall–Kier alpha value is -1.80. The quantitative estimate of drug-likeness (QED) is 0.156. The molecule has 0 aliphatic carbocycles. The van der Waals surface area contributed by atoms with Crippen molar-refractivity contribution in [2.45, 2.75) is 50.9 Å². The van der Waals surface area contributed by atoms with E-state index in [-0.39, 0.29) is 11.5 Å². The second-order valence-corrected chi connectivity index (χ2v) is 12.1. The van der Waals surface area contributed by atoms with Gasteiger partial charge >= 0.3 is 23.5 Å². The summed E-state index contributed by atoms with van der Waals surface area (Å²) in [6.07, 6.45) is -6.59. The predicted molar refractivity (Wildman–Crippen MR) is 118 cm³/mol. The molecule has 17 nitrogen and oxygen atoms in total. The van der Waals surface area contributed by atoms with Crippen molar-refractivity contribution in [3.8, 4) is 11.8 Å². The van der Waals surface area contributed by atoms with Gasteiger partial charge in [-0.1, -0.05) is 5.92 Å². The Balaban J connectivity index is 1.96. The van der Waals surface area contributed by atoms with Gasteiger partial charge in [0.1, 0.15) is 23.4 Å². The van der Waals surface area contributed by atoms with Crippen LogP contribution in [0.4, 0.5) is 4.39 Å². The fourth-order valence-electron chi connectivity index (χ4n) is 3.67. The summed E-state index contributed by atoms with van der Waals surface area (Å²) < 4.78 is 67.5. The van der Waals surface area contributed by atoms with Crippen molar-refractivity contribution in [1.82, 2.24) is 14.5 Å². The van der Waals surface area contributed by atoms with Crippen molar-refractivity contribution >= 4 is 34.5 Å². The van der Waals surface area contributed by atoms with Crippen LogP contribution in [0.3, 0.4) is 0 Å². The molecule has 0 radical (unpaired) electrons. The molecule has 37 heavy (non-hydrogen) atoms. The van der Waals surface area contributed by atoms with Crippen LogP contribution < -0.4 is 5.56 Å². The number of aromatic amines is 1. The zero-order valence-corrected chi connectivity index (χ0v) is 21.6. The molecule has 1 aliphatic rings. The Morgan fingerprint density at radius 3 is 2.43 bits per heavy atom. The molecule has 206 valence electrons. The summed E-state index contributed by atoms with van der Waals surface area (Å²) in [4.78, 5) is 54.9. The van der Waals surface area contributed by atoms with Crippen LogP contribution in [0.1, 0.15) is 25.9 Å². The third kappa shape index (κ3) is 6.27. The molecular formula is C16H21FN3O14P3. The van der Waals surface area contributed by atoms with E-state index in [2.05, 4.69) is 35.0 Å². The normalized spacial score (nSPS) is 28.3. The van der Waals surface area contributed by atoms with Gasteiger partial charge in [0.15, 0.2) is 23.3 Å². The monoisotopic (exact) mass is 591 g/mol. The largest absolute Gasteiger partial charge is 0.490 e. The number of halogens is 1. The first-order valence-electron chi connectivity index (χ1n) is 9.89. The highest BCUT2D eigenvalue weighted by Crippen LogP contribution is 2.66. The summed E-state index contributed by atoms with van der Waals surface area (Å²) >= 11 is 0. The van der Waals surface area contributed by atoms with Crippen molar-refractivity contribution in [2.75, 3.05) is 0 Å². The molecule has 1 saturated heterocycles. The molecule has 1 aliphatic heterocycles. The maximum absolute atomic E-state index is 14.6. The molecule has 0 aromatic carbocycles. The number of rotatable bonds is 8. The number of hydrogen-bond acceptors (Lipinski definition) is 11. The minimum Gasteiger partial charge on any atom is -0.386 e. The van der Waals surface area contributed by atoms with E-state index in [1.807, 2.05) is 0 Å². The number of aliphatic hydroxyl groups is 2. The number of aryl methyl sites for hydroxylation is 1. The number of ether oxygens (including phenoxy) is 1. The summed E-state index contributed by atoms with van der Waals surface area (Å²) in [5, 5.41) is 21.5. The number of nitrogens with one attached hydrogen (secondary N) is 1. The molecule has 3 unspecified atom stereocenters. The van der Waals surface area contributed by atoms with Gasteiger partial charge in [-0.2, -0.15) is 8.62 Å². The minimum atomic E-state index is -5.83.